The number of benzene rings is 1. The van der Waals surface area contributed by atoms with Gasteiger partial charge >= 0.3 is 0 Å². The lowest BCUT2D eigenvalue weighted by Crippen LogP contribution is -2.46. The van der Waals surface area contributed by atoms with Gasteiger partial charge in [-0.25, -0.2) is 8.42 Å². The minimum atomic E-state index is -3.54. The molecule has 0 saturated carbocycles. The van der Waals surface area contributed by atoms with E-state index < -0.39 is 10.0 Å². The fourth-order valence-electron chi connectivity index (χ4n) is 3.45. The summed E-state index contributed by atoms with van der Waals surface area (Å²) in [5.41, 5.74) is 1.96. The molecule has 2 heterocycles. The molecule has 0 unspecified atom stereocenters. The Labute approximate surface area is 194 Å². The van der Waals surface area contributed by atoms with E-state index in [1.165, 1.54) is 22.5 Å². The smallest absolute Gasteiger partial charge is 0.248 e. The molecule has 1 aromatic carbocycles. The second-order valence-electron chi connectivity index (χ2n) is 8.42. The number of nitrogens with zero attached hydrogens (tertiary/aromatic N) is 4. The minimum absolute atomic E-state index is 0.218. The third kappa shape index (κ3) is 5.78. The summed E-state index contributed by atoms with van der Waals surface area (Å²) in [4.78, 5) is 14.7. The number of halogens is 1. The first-order chi connectivity index (χ1) is 15.1. The van der Waals surface area contributed by atoms with E-state index in [1.54, 1.807) is 22.9 Å². The zero-order valence-corrected chi connectivity index (χ0v) is 20.4. The fourth-order valence-corrected chi connectivity index (χ4v) is 5.18. The molecule has 1 amide bonds. The SMILES string of the molecule is Cc1nn(CC(C)C)c(Cl)c1/C=C/C(=O)Nc1ccc(S(=O)(=O)N2CCN(C)CC2)cc1. The van der Waals surface area contributed by atoms with Crippen molar-refractivity contribution in [2.75, 3.05) is 38.5 Å². The van der Waals surface area contributed by atoms with Crippen LogP contribution in [0.4, 0.5) is 5.69 Å². The van der Waals surface area contributed by atoms with Crippen molar-refractivity contribution >= 4 is 39.3 Å². The first-order valence-electron chi connectivity index (χ1n) is 10.6. The summed E-state index contributed by atoms with van der Waals surface area (Å²) < 4.78 is 28.8. The number of hydrogen-bond acceptors (Lipinski definition) is 5. The molecule has 0 radical (unpaired) electrons. The zero-order chi connectivity index (χ0) is 23.5. The molecule has 8 nitrogen and oxygen atoms in total. The maximum atomic E-state index is 12.8. The lowest BCUT2D eigenvalue weighted by molar-refractivity contribution is -0.111. The molecular formula is C22H30ClN5O3S. The van der Waals surface area contributed by atoms with Crippen LogP contribution in [-0.2, 0) is 21.4 Å². The number of amides is 1. The number of aryl methyl sites for hydroxylation is 1. The standard InChI is InChI=1S/C22H30ClN5O3S/c1-16(2)15-28-22(23)20(17(3)25-28)9-10-21(29)24-18-5-7-19(8-6-18)32(30,31)27-13-11-26(4)12-14-27/h5-10,16H,11-15H2,1-4H3,(H,24,29)/b10-9+. The molecule has 0 bridgehead atoms. The molecule has 1 aliphatic heterocycles. The van der Waals surface area contributed by atoms with E-state index >= 15 is 0 Å². The Hall–Kier alpha value is -2.20. The average molecular weight is 480 g/mol. The summed E-state index contributed by atoms with van der Waals surface area (Å²) in [5, 5.41) is 7.67. The number of hydrogen-bond donors (Lipinski definition) is 1. The third-order valence-electron chi connectivity index (χ3n) is 5.27. The first kappa shape index (κ1) is 24.4. The van der Waals surface area contributed by atoms with Crippen molar-refractivity contribution in [3.63, 3.8) is 0 Å². The van der Waals surface area contributed by atoms with Gasteiger partial charge in [-0.05, 0) is 50.2 Å². The molecule has 1 aliphatic rings. The van der Waals surface area contributed by atoms with Gasteiger partial charge in [0.1, 0.15) is 5.15 Å². The Morgan fingerprint density at radius 3 is 2.41 bits per heavy atom. The van der Waals surface area contributed by atoms with Gasteiger partial charge in [-0.2, -0.15) is 9.40 Å². The number of sulfonamides is 1. The highest BCUT2D eigenvalue weighted by Gasteiger charge is 2.27. The van der Waals surface area contributed by atoms with E-state index in [4.69, 9.17) is 11.6 Å². The fraction of sp³-hybridized carbons (Fsp3) is 0.455. The topological polar surface area (TPSA) is 87.5 Å². The van der Waals surface area contributed by atoms with Gasteiger partial charge in [0.05, 0.1) is 10.6 Å². The molecule has 1 N–H and O–H groups in total. The van der Waals surface area contributed by atoms with Crippen molar-refractivity contribution in [3.05, 3.63) is 46.8 Å². The highest BCUT2D eigenvalue weighted by molar-refractivity contribution is 7.89. The number of nitrogens with one attached hydrogen (secondary N) is 1. The normalized spacial score (nSPS) is 16.2. The van der Waals surface area contributed by atoms with Gasteiger partial charge < -0.3 is 10.2 Å². The summed E-state index contributed by atoms with van der Waals surface area (Å²) in [6.45, 7) is 9.06. The first-order valence-corrected chi connectivity index (χ1v) is 12.4. The Kier molecular flexibility index (Phi) is 7.76. The Morgan fingerprint density at radius 1 is 1.19 bits per heavy atom. The van der Waals surface area contributed by atoms with Crippen LogP contribution in [0.3, 0.4) is 0 Å². The predicted molar refractivity (Wildman–Crippen MR) is 127 cm³/mol. The largest absolute Gasteiger partial charge is 0.323 e. The summed E-state index contributed by atoms with van der Waals surface area (Å²) in [6.07, 6.45) is 3.04. The molecule has 1 saturated heterocycles. The molecule has 2 aromatic rings. The number of carbonyl (C=O) groups excluding carboxylic acids is 1. The van der Waals surface area contributed by atoms with Gasteiger partial charge in [-0.15, -0.1) is 0 Å². The van der Waals surface area contributed by atoms with Gasteiger partial charge in [-0.1, -0.05) is 25.4 Å². The van der Waals surface area contributed by atoms with E-state index in [9.17, 15) is 13.2 Å². The van der Waals surface area contributed by atoms with Crippen LogP contribution in [-0.4, -0.2) is 66.5 Å². The van der Waals surface area contributed by atoms with Gasteiger partial charge in [0.25, 0.3) is 0 Å². The number of rotatable bonds is 7. The lowest BCUT2D eigenvalue weighted by Gasteiger charge is -2.31. The van der Waals surface area contributed by atoms with Gasteiger partial charge in [0.15, 0.2) is 0 Å². The zero-order valence-electron chi connectivity index (χ0n) is 18.9. The predicted octanol–water partition coefficient (Wildman–Crippen LogP) is 3.09. The van der Waals surface area contributed by atoms with E-state index in [2.05, 4.69) is 29.2 Å². The number of likely N-dealkylation sites (N-methyl/N-ethyl adjacent to an activating group) is 1. The summed E-state index contributed by atoms with van der Waals surface area (Å²) in [6, 6.07) is 6.22. The van der Waals surface area contributed by atoms with Crippen molar-refractivity contribution < 1.29 is 13.2 Å². The number of anilines is 1. The Bertz CT molecular complexity index is 1090. The Morgan fingerprint density at radius 2 is 1.81 bits per heavy atom. The van der Waals surface area contributed by atoms with Crippen LogP contribution in [0.15, 0.2) is 35.2 Å². The third-order valence-corrected chi connectivity index (χ3v) is 7.58. The van der Waals surface area contributed by atoms with Crippen LogP contribution < -0.4 is 5.32 Å². The molecular weight excluding hydrogens is 450 g/mol. The van der Waals surface area contributed by atoms with Crippen LogP contribution >= 0.6 is 11.6 Å². The van der Waals surface area contributed by atoms with Crippen LogP contribution in [0.25, 0.3) is 6.08 Å². The van der Waals surface area contributed by atoms with Crippen molar-refractivity contribution in [1.29, 1.82) is 0 Å². The van der Waals surface area contributed by atoms with E-state index in [0.717, 1.165) is 5.69 Å². The lowest BCUT2D eigenvalue weighted by atomic mass is 10.2. The summed E-state index contributed by atoms with van der Waals surface area (Å²) in [7, 11) is -1.56. The molecule has 3 rings (SSSR count). The molecule has 0 spiro atoms. The highest BCUT2D eigenvalue weighted by atomic mass is 35.5. The van der Waals surface area contributed by atoms with Gasteiger partial charge in [0.2, 0.25) is 15.9 Å². The Balaban J connectivity index is 1.65. The molecule has 0 aliphatic carbocycles. The molecule has 10 heteroatoms. The number of aromatic nitrogens is 2. The molecule has 174 valence electrons. The highest BCUT2D eigenvalue weighted by Crippen LogP contribution is 2.23. The van der Waals surface area contributed by atoms with E-state index in [0.29, 0.717) is 55.0 Å². The number of piperazine rings is 1. The maximum absolute atomic E-state index is 12.8. The second kappa shape index (κ2) is 10.2. The molecule has 32 heavy (non-hydrogen) atoms. The number of carbonyl (C=O) groups is 1. The van der Waals surface area contributed by atoms with Crippen molar-refractivity contribution in [2.24, 2.45) is 5.92 Å². The van der Waals surface area contributed by atoms with Gasteiger partial charge in [-0.3, -0.25) is 9.48 Å². The monoisotopic (exact) mass is 479 g/mol. The van der Waals surface area contributed by atoms with Crippen molar-refractivity contribution in [3.8, 4) is 0 Å². The van der Waals surface area contributed by atoms with Crippen LogP contribution in [0.5, 0.6) is 0 Å². The van der Waals surface area contributed by atoms with E-state index in [-0.39, 0.29) is 10.8 Å². The van der Waals surface area contributed by atoms with E-state index in [1.807, 2.05) is 14.0 Å². The quantitative estimate of drug-likeness (QED) is 0.616. The van der Waals surface area contributed by atoms with Gasteiger partial charge in [0, 0.05) is 50.1 Å². The maximum Gasteiger partial charge on any atom is 0.248 e. The molecule has 1 fully saturated rings. The van der Waals surface area contributed by atoms with Crippen molar-refractivity contribution in [1.82, 2.24) is 19.0 Å². The van der Waals surface area contributed by atoms with Crippen LogP contribution in [0, 0.1) is 12.8 Å². The summed E-state index contributed by atoms with van der Waals surface area (Å²) >= 11 is 6.40. The second-order valence-corrected chi connectivity index (χ2v) is 10.7. The minimum Gasteiger partial charge on any atom is -0.323 e. The van der Waals surface area contributed by atoms with Crippen LogP contribution in [0.2, 0.25) is 5.15 Å². The average Bonchev–Trinajstić information content (AvgIpc) is 2.99. The summed E-state index contributed by atoms with van der Waals surface area (Å²) in [5.74, 6) is 0.0571. The molecule has 1 aromatic heterocycles. The van der Waals surface area contributed by atoms with Crippen LogP contribution in [0.1, 0.15) is 25.1 Å². The molecule has 0 atom stereocenters. The van der Waals surface area contributed by atoms with Crippen molar-refractivity contribution in [2.45, 2.75) is 32.2 Å².